The number of aromatic nitrogens is 2. The molecule has 2 fully saturated rings. The third kappa shape index (κ3) is 4.50. The number of halogens is 1. The van der Waals surface area contributed by atoms with E-state index >= 15 is 0 Å². The summed E-state index contributed by atoms with van der Waals surface area (Å²) in [7, 11) is 0. The van der Waals surface area contributed by atoms with Gasteiger partial charge >= 0.3 is 0 Å². The van der Waals surface area contributed by atoms with Crippen LogP contribution >= 0.6 is 0 Å². The fraction of sp³-hybridized carbons (Fsp3) is 0.455. The van der Waals surface area contributed by atoms with E-state index in [2.05, 4.69) is 5.10 Å². The summed E-state index contributed by atoms with van der Waals surface area (Å²) in [5, 5.41) is 4.17. The quantitative estimate of drug-likeness (QED) is 0.488. The smallest absolute Gasteiger partial charge is 0.249 e. The number of rotatable bonds is 8. The molecule has 9 nitrogen and oxygen atoms in total. The van der Waals surface area contributed by atoms with Crippen LogP contribution in [0, 0.1) is 5.82 Å². The standard InChI is InChI=1S/C22H26FN5O4/c23-15-5-7-16(8-6-15)28-22(24)17(13-25-28)21(31)18-3-1-10-27(18)20(30)14-32-12-11-26-9-2-4-19(26)29/h5-8,13,18H,1-4,9-12,14,24H2/t18-/m1/s1. The Labute approximate surface area is 184 Å². The lowest BCUT2D eigenvalue weighted by molar-refractivity contribution is -0.136. The van der Waals surface area contributed by atoms with Gasteiger partial charge in [0.1, 0.15) is 18.2 Å². The number of hydrogen-bond donors (Lipinski definition) is 1. The van der Waals surface area contributed by atoms with Crippen LogP contribution in [0.5, 0.6) is 0 Å². The van der Waals surface area contributed by atoms with Gasteiger partial charge in [-0.3, -0.25) is 14.4 Å². The molecule has 2 aliphatic heterocycles. The summed E-state index contributed by atoms with van der Waals surface area (Å²) in [6.07, 6.45) is 4.05. The molecule has 0 unspecified atom stereocenters. The van der Waals surface area contributed by atoms with Gasteiger partial charge in [0.2, 0.25) is 11.8 Å². The molecule has 0 radical (unpaired) electrons. The first-order chi connectivity index (χ1) is 15.5. The van der Waals surface area contributed by atoms with Crippen molar-refractivity contribution in [3.63, 3.8) is 0 Å². The highest BCUT2D eigenvalue weighted by atomic mass is 19.1. The fourth-order valence-corrected chi connectivity index (χ4v) is 4.21. The van der Waals surface area contributed by atoms with E-state index in [1.165, 1.54) is 40.0 Å². The van der Waals surface area contributed by atoms with Crippen molar-refractivity contribution in [2.45, 2.75) is 31.7 Å². The van der Waals surface area contributed by atoms with Crippen molar-refractivity contribution in [2.24, 2.45) is 0 Å². The molecular formula is C22H26FN5O4. The minimum Gasteiger partial charge on any atom is -0.383 e. The van der Waals surface area contributed by atoms with Gasteiger partial charge in [-0.05, 0) is 43.5 Å². The number of benzene rings is 1. The Morgan fingerprint density at radius 2 is 1.97 bits per heavy atom. The summed E-state index contributed by atoms with van der Waals surface area (Å²) < 4.78 is 20.0. The van der Waals surface area contributed by atoms with Crippen LogP contribution in [0.25, 0.3) is 5.69 Å². The van der Waals surface area contributed by atoms with E-state index in [1.807, 2.05) is 0 Å². The van der Waals surface area contributed by atoms with E-state index < -0.39 is 6.04 Å². The molecule has 170 valence electrons. The summed E-state index contributed by atoms with van der Waals surface area (Å²) in [5.41, 5.74) is 6.92. The Kier molecular flexibility index (Phi) is 6.50. The van der Waals surface area contributed by atoms with Crippen LogP contribution in [0.2, 0.25) is 0 Å². The van der Waals surface area contributed by atoms with E-state index in [0.29, 0.717) is 38.0 Å². The van der Waals surface area contributed by atoms with Crippen LogP contribution in [0.4, 0.5) is 10.2 Å². The number of hydrogen-bond acceptors (Lipinski definition) is 6. The zero-order valence-electron chi connectivity index (χ0n) is 17.7. The minimum atomic E-state index is -0.626. The molecule has 0 spiro atoms. The minimum absolute atomic E-state index is 0.115. The first-order valence-corrected chi connectivity index (χ1v) is 10.7. The van der Waals surface area contributed by atoms with E-state index in [1.54, 1.807) is 4.90 Å². The molecule has 2 aliphatic rings. The summed E-state index contributed by atoms with van der Waals surface area (Å²) in [6, 6.07) is 4.99. The first-order valence-electron chi connectivity index (χ1n) is 10.7. The Morgan fingerprint density at radius 1 is 1.19 bits per heavy atom. The Balaban J connectivity index is 1.36. The third-order valence-electron chi connectivity index (χ3n) is 5.92. The number of nitrogens with zero attached hydrogens (tertiary/aromatic N) is 4. The van der Waals surface area contributed by atoms with Gasteiger partial charge in [-0.1, -0.05) is 0 Å². The van der Waals surface area contributed by atoms with E-state index in [0.717, 1.165) is 13.0 Å². The number of ketones is 1. The molecule has 2 saturated heterocycles. The average Bonchev–Trinajstić information content (AvgIpc) is 3.52. The number of nitrogens with two attached hydrogens (primary N) is 1. The van der Waals surface area contributed by atoms with E-state index in [4.69, 9.17) is 10.5 Å². The maximum absolute atomic E-state index is 13.2. The number of ether oxygens (including phenoxy) is 1. The Morgan fingerprint density at radius 3 is 2.69 bits per heavy atom. The Bertz CT molecular complexity index is 1010. The van der Waals surface area contributed by atoms with Crippen molar-refractivity contribution in [1.82, 2.24) is 19.6 Å². The van der Waals surface area contributed by atoms with Gasteiger partial charge in [0.15, 0.2) is 5.78 Å². The van der Waals surface area contributed by atoms with Crippen molar-refractivity contribution >= 4 is 23.4 Å². The highest BCUT2D eigenvalue weighted by Crippen LogP contribution is 2.25. The molecule has 2 amide bonds. The van der Waals surface area contributed by atoms with Crippen LogP contribution in [-0.4, -0.2) is 76.1 Å². The summed E-state index contributed by atoms with van der Waals surface area (Å²) >= 11 is 0. The molecule has 0 bridgehead atoms. The number of amides is 2. The molecule has 1 aromatic carbocycles. The van der Waals surface area contributed by atoms with Crippen LogP contribution in [-0.2, 0) is 14.3 Å². The van der Waals surface area contributed by atoms with Crippen LogP contribution in [0.3, 0.4) is 0 Å². The van der Waals surface area contributed by atoms with Gasteiger partial charge in [0, 0.05) is 26.1 Å². The molecule has 2 N–H and O–H groups in total. The average molecular weight is 443 g/mol. The van der Waals surface area contributed by atoms with Gasteiger partial charge in [0.05, 0.1) is 30.1 Å². The molecule has 0 aliphatic carbocycles. The van der Waals surface area contributed by atoms with Crippen molar-refractivity contribution in [3.8, 4) is 5.69 Å². The highest BCUT2D eigenvalue weighted by Gasteiger charge is 2.36. The fourth-order valence-electron chi connectivity index (χ4n) is 4.21. The van der Waals surface area contributed by atoms with Gasteiger partial charge in [0.25, 0.3) is 0 Å². The maximum atomic E-state index is 13.2. The molecule has 10 heteroatoms. The summed E-state index contributed by atoms with van der Waals surface area (Å²) in [5.74, 6) is -0.663. The number of Topliss-reactive ketones (excluding diaryl/α,β-unsaturated/α-hetero) is 1. The largest absolute Gasteiger partial charge is 0.383 e. The molecule has 1 aromatic heterocycles. The zero-order chi connectivity index (χ0) is 22.7. The maximum Gasteiger partial charge on any atom is 0.249 e. The second-order valence-corrected chi connectivity index (χ2v) is 7.98. The second kappa shape index (κ2) is 9.47. The third-order valence-corrected chi connectivity index (χ3v) is 5.92. The van der Waals surface area contributed by atoms with Crippen molar-refractivity contribution in [2.75, 3.05) is 38.6 Å². The molecular weight excluding hydrogens is 417 g/mol. The van der Waals surface area contributed by atoms with Crippen molar-refractivity contribution in [3.05, 3.63) is 41.8 Å². The highest BCUT2D eigenvalue weighted by molar-refractivity contribution is 6.05. The molecule has 0 saturated carbocycles. The predicted molar refractivity (Wildman–Crippen MR) is 114 cm³/mol. The van der Waals surface area contributed by atoms with Gasteiger partial charge < -0.3 is 20.3 Å². The number of likely N-dealkylation sites (tertiary alicyclic amines) is 2. The van der Waals surface area contributed by atoms with Gasteiger partial charge in [-0.2, -0.15) is 5.10 Å². The van der Waals surface area contributed by atoms with E-state index in [9.17, 15) is 18.8 Å². The lowest BCUT2D eigenvalue weighted by Gasteiger charge is -2.24. The van der Waals surface area contributed by atoms with Crippen LogP contribution in [0.15, 0.2) is 30.5 Å². The van der Waals surface area contributed by atoms with Crippen LogP contribution < -0.4 is 5.73 Å². The Hall–Kier alpha value is -3.27. The number of nitrogen functional groups attached to an aromatic ring is 1. The van der Waals surface area contributed by atoms with Crippen molar-refractivity contribution in [1.29, 1.82) is 0 Å². The second-order valence-electron chi connectivity index (χ2n) is 7.98. The first kappa shape index (κ1) is 21.9. The monoisotopic (exact) mass is 443 g/mol. The lowest BCUT2D eigenvalue weighted by Crippen LogP contribution is -2.42. The topological polar surface area (TPSA) is 111 Å². The van der Waals surface area contributed by atoms with Crippen LogP contribution in [0.1, 0.15) is 36.0 Å². The molecule has 1 atom stereocenters. The lowest BCUT2D eigenvalue weighted by atomic mass is 10.0. The molecule has 3 heterocycles. The number of carbonyl (C=O) groups is 3. The van der Waals surface area contributed by atoms with E-state index in [-0.39, 0.29) is 48.0 Å². The number of anilines is 1. The van der Waals surface area contributed by atoms with Gasteiger partial charge in [-0.25, -0.2) is 9.07 Å². The SMILES string of the molecule is Nc1c(C(=O)[C@H]2CCCN2C(=O)COCCN2CCCC2=O)cnn1-c1ccc(F)cc1. The zero-order valence-corrected chi connectivity index (χ0v) is 17.7. The summed E-state index contributed by atoms with van der Waals surface area (Å²) in [6.45, 7) is 1.80. The molecule has 32 heavy (non-hydrogen) atoms. The van der Waals surface area contributed by atoms with Gasteiger partial charge in [-0.15, -0.1) is 0 Å². The number of carbonyl (C=O) groups excluding carboxylic acids is 3. The molecule has 4 rings (SSSR count). The molecule has 2 aromatic rings. The normalized spacial score (nSPS) is 18.5. The predicted octanol–water partition coefficient (Wildman–Crippen LogP) is 1.41. The summed E-state index contributed by atoms with van der Waals surface area (Å²) in [4.78, 5) is 40.7. The van der Waals surface area contributed by atoms with Crippen molar-refractivity contribution < 1.29 is 23.5 Å².